The number of hydrogen-bond donors (Lipinski definition) is 1. The normalized spacial score (nSPS) is 11.9. The molecule has 5 heteroatoms. The van der Waals surface area contributed by atoms with Crippen molar-refractivity contribution in [2.75, 3.05) is 6.61 Å². The summed E-state index contributed by atoms with van der Waals surface area (Å²) in [4.78, 5) is 21.7. The third-order valence-corrected chi connectivity index (χ3v) is 4.64. The van der Waals surface area contributed by atoms with Gasteiger partial charge in [0.15, 0.2) is 0 Å². The van der Waals surface area contributed by atoms with Crippen molar-refractivity contribution in [2.24, 2.45) is 0 Å². The number of hydrogen-bond acceptors (Lipinski definition) is 4. The summed E-state index contributed by atoms with van der Waals surface area (Å²) in [5, 5.41) is 8.62. The fourth-order valence-corrected chi connectivity index (χ4v) is 2.95. The SMILES string of the molecule is C=CC(=O)OC(CC)CCCCCCCCCOc1ccc(/C=C/C(=O)O)cc1. The number of carboxylic acids is 1. The van der Waals surface area contributed by atoms with Gasteiger partial charge >= 0.3 is 11.9 Å². The number of carbonyl (C=O) groups excluding carboxylic acids is 1. The predicted octanol–water partition coefficient (Wildman–Crippen LogP) is 5.79. The van der Waals surface area contributed by atoms with Crippen LogP contribution in [-0.2, 0) is 14.3 Å². The highest BCUT2D eigenvalue weighted by atomic mass is 16.5. The van der Waals surface area contributed by atoms with Gasteiger partial charge in [-0.05, 0) is 49.5 Å². The quantitative estimate of drug-likeness (QED) is 0.215. The van der Waals surface area contributed by atoms with Crippen molar-refractivity contribution in [3.63, 3.8) is 0 Å². The smallest absolute Gasteiger partial charge is 0.330 e. The van der Waals surface area contributed by atoms with Crippen LogP contribution in [0.15, 0.2) is 43.0 Å². The van der Waals surface area contributed by atoms with Crippen LogP contribution in [0.25, 0.3) is 6.08 Å². The van der Waals surface area contributed by atoms with Gasteiger partial charge in [0.1, 0.15) is 11.9 Å². The second-order valence-electron chi connectivity index (χ2n) is 7.02. The molecule has 5 nitrogen and oxygen atoms in total. The number of aliphatic carboxylic acids is 1. The number of unbranched alkanes of at least 4 members (excludes halogenated alkanes) is 6. The number of rotatable bonds is 16. The van der Waals surface area contributed by atoms with E-state index in [1.165, 1.54) is 31.8 Å². The van der Waals surface area contributed by atoms with Crippen LogP contribution >= 0.6 is 0 Å². The molecular weight excluding hydrogens is 368 g/mol. The zero-order chi connectivity index (χ0) is 21.3. The third kappa shape index (κ3) is 12.5. The Hall–Kier alpha value is -2.56. The largest absolute Gasteiger partial charge is 0.494 e. The molecule has 0 radical (unpaired) electrons. The highest BCUT2D eigenvalue weighted by molar-refractivity contribution is 5.85. The monoisotopic (exact) mass is 402 g/mol. The number of benzene rings is 1. The van der Waals surface area contributed by atoms with Crippen LogP contribution in [0.3, 0.4) is 0 Å². The first-order valence-corrected chi connectivity index (χ1v) is 10.5. The topological polar surface area (TPSA) is 72.8 Å². The molecule has 0 spiro atoms. The van der Waals surface area contributed by atoms with Gasteiger partial charge in [-0.15, -0.1) is 0 Å². The molecule has 1 atom stereocenters. The Morgan fingerprint density at radius 3 is 2.24 bits per heavy atom. The maximum atomic E-state index is 11.2. The lowest BCUT2D eigenvalue weighted by Crippen LogP contribution is -2.15. The first kappa shape index (κ1) is 24.5. The molecule has 0 heterocycles. The molecule has 0 fully saturated rings. The second kappa shape index (κ2) is 15.4. The Balaban J connectivity index is 2.01. The lowest BCUT2D eigenvalue weighted by atomic mass is 10.1. The van der Waals surface area contributed by atoms with Gasteiger partial charge in [-0.1, -0.05) is 57.7 Å². The molecular formula is C24H34O5. The van der Waals surface area contributed by atoms with Crippen LogP contribution in [-0.4, -0.2) is 29.8 Å². The molecule has 1 N–H and O–H groups in total. The summed E-state index contributed by atoms with van der Waals surface area (Å²) in [6.45, 7) is 6.16. The average molecular weight is 403 g/mol. The van der Waals surface area contributed by atoms with E-state index in [1.54, 1.807) is 6.08 Å². The molecule has 0 saturated heterocycles. The Bertz CT molecular complexity index is 633. The van der Waals surface area contributed by atoms with Crippen molar-refractivity contribution in [3.8, 4) is 5.75 Å². The first-order chi connectivity index (χ1) is 14.0. The van der Waals surface area contributed by atoms with Gasteiger partial charge in [-0.3, -0.25) is 0 Å². The summed E-state index contributed by atoms with van der Waals surface area (Å²) < 4.78 is 11.0. The number of ether oxygens (including phenoxy) is 2. The molecule has 0 aliphatic heterocycles. The molecule has 0 aromatic heterocycles. The van der Waals surface area contributed by atoms with E-state index in [1.807, 2.05) is 31.2 Å². The van der Waals surface area contributed by atoms with Gasteiger partial charge in [0.25, 0.3) is 0 Å². The molecule has 1 unspecified atom stereocenters. The van der Waals surface area contributed by atoms with E-state index >= 15 is 0 Å². The summed E-state index contributed by atoms with van der Waals surface area (Å²) in [6.07, 6.45) is 13.7. The maximum absolute atomic E-state index is 11.2. The second-order valence-corrected chi connectivity index (χ2v) is 7.02. The highest BCUT2D eigenvalue weighted by Gasteiger charge is 2.09. The highest BCUT2D eigenvalue weighted by Crippen LogP contribution is 2.15. The van der Waals surface area contributed by atoms with Crippen molar-refractivity contribution in [3.05, 3.63) is 48.6 Å². The van der Waals surface area contributed by atoms with Crippen molar-refractivity contribution >= 4 is 18.0 Å². The van der Waals surface area contributed by atoms with Gasteiger partial charge in [0, 0.05) is 12.2 Å². The molecule has 160 valence electrons. The summed E-state index contributed by atoms with van der Waals surface area (Å²) >= 11 is 0. The van der Waals surface area contributed by atoms with Gasteiger partial charge in [0.2, 0.25) is 0 Å². The zero-order valence-electron chi connectivity index (χ0n) is 17.5. The van der Waals surface area contributed by atoms with Crippen LogP contribution < -0.4 is 4.74 Å². The fourth-order valence-electron chi connectivity index (χ4n) is 2.95. The van der Waals surface area contributed by atoms with Gasteiger partial charge in [-0.25, -0.2) is 9.59 Å². The number of carboxylic acid groups (broad SMARTS) is 1. The van der Waals surface area contributed by atoms with Crippen LogP contribution in [0, 0.1) is 0 Å². The van der Waals surface area contributed by atoms with Crippen molar-refractivity contribution < 1.29 is 24.2 Å². The van der Waals surface area contributed by atoms with Crippen molar-refractivity contribution in [1.82, 2.24) is 0 Å². The van der Waals surface area contributed by atoms with E-state index < -0.39 is 5.97 Å². The molecule has 0 bridgehead atoms. The third-order valence-electron chi connectivity index (χ3n) is 4.64. The zero-order valence-corrected chi connectivity index (χ0v) is 17.5. The minimum atomic E-state index is -0.954. The van der Waals surface area contributed by atoms with Crippen LogP contribution in [0.1, 0.15) is 70.3 Å². The summed E-state index contributed by atoms with van der Waals surface area (Å²) in [5.74, 6) is -0.477. The lowest BCUT2D eigenvalue weighted by Gasteiger charge is -2.14. The molecule has 0 saturated carbocycles. The van der Waals surface area contributed by atoms with Crippen LogP contribution in [0.2, 0.25) is 0 Å². The fraction of sp³-hybridized carbons (Fsp3) is 0.500. The van der Waals surface area contributed by atoms with Crippen LogP contribution in [0.5, 0.6) is 5.75 Å². The summed E-state index contributed by atoms with van der Waals surface area (Å²) in [5.41, 5.74) is 0.837. The number of carbonyl (C=O) groups is 2. The molecule has 0 amide bonds. The summed E-state index contributed by atoms with van der Waals surface area (Å²) in [7, 11) is 0. The predicted molar refractivity (Wildman–Crippen MR) is 116 cm³/mol. The van der Waals surface area contributed by atoms with E-state index in [0.29, 0.717) is 6.61 Å². The Morgan fingerprint density at radius 1 is 1.03 bits per heavy atom. The average Bonchev–Trinajstić information content (AvgIpc) is 2.73. The van der Waals surface area contributed by atoms with Crippen molar-refractivity contribution in [2.45, 2.75) is 70.8 Å². The van der Waals surface area contributed by atoms with Gasteiger partial charge in [-0.2, -0.15) is 0 Å². The van der Waals surface area contributed by atoms with E-state index in [2.05, 4.69) is 6.58 Å². The van der Waals surface area contributed by atoms with Gasteiger partial charge in [0.05, 0.1) is 6.61 Å². The molecule has 1 rings (SSSR count). The Morgan fingerprint density at radius 2 is 1.66 bits per heavy atom. The molecule has 0 aliphatic carbocycles. The standard InChI is InChI=1S/C24H34O5/c1-3-21(29-24(27)4-2)12-10-8-6-5-7-9-11-19-28-22-16-13-20(14-17-22)15-18-23(25)26/h4,13-18,21H,2-3,5-12,19H2,1H3,(H,25,26)/b18-15+. The van der Waals surface area contributed by atoms with E-state index in [9.17, 15) is 9.59 Å². The minimum absolute atomic E-state index is 0.0138. The molecule has 0 aliphatic rings. The van der Waals surface area contributed by atoms with E-state index in [-0.39, 0.29) is 12.1 Å². The van der Waals surface area contributed by atoms with Crippen molar-refractivity contribution in [1.29, 1.82) is 0 Å². The first-order valence-electron chi connectivity index (χ1n) is 10.5. The maximum Gasteiger partial charge on any atom is 0.330 e. The molecule has 29 heavy (non-hydrogen) atoms. The molecule has 1 aromatic carbocycles. The van der Waals surface area contributed by atoms with Crippen LogP contribution in [0.4, 0.5) is 0 Å². The number of esters is 1. The van der Waals surface area contributed by atoms with E-state index in [4.69, 9.17) is 14.6 Å². The Labute approximate surface area is 174 Å². The lowest BCUT2D eigenvalue weighted by molar-refractivity contribution is -0.143. The minimum Gasteiger partial charge on any atom is -0.494 e. The summed E-state index contributed by atoms with van der Waals surface area (Å²) in [6, 6.07) is 7.40. The van der Waals surface area contributed by atoms with E-state index in [0.717, 1.165) is 49.5 Å². The Kier molecular flexibility index (Phi) is 13.0. The van der Waals surface area contributed by atoms with Gasteiger partial charge < -0.3 is 14.6 Å². The molecule has 1 aromatic rings.